The summed E-state index contributed by atoms with van der Waals surface area (Å²) in [5.41, 5.74) is 2.10. The number of aliphatic hydroxyl groups excluding tert-OH is 1. The third-order valence-electron chi connectivity index (χ3n) is 5.10. The Hall–Kier alpha value is -3.12. The van der Waals surface area contributed by atoms with Gasteiger partial charge in [-0.15, -0.1) is 0 Å². The van der Waals surface area contributed by atoms with E-state index in [0.717, 1.165) is 36.8 Å². The Balaban J connectivity index is 1.58. The second-order valence-electron chi connectivity index (χ2n) is 6.84. The zero-order valence-electron chi connectivity index (χ0n) is 15.1. The Morgan fingerprint density at radius 3 is 2.00 bits per heavy atom. The molecule has 0 radical (unpaired) electrons. The summed E-state index contributed by atoms with van der Waals surface area (Å²) in [5, 5.41) is 10.3. The molecule has 27 heavy (non-hydrogen) atoms. The highest BCUT2D eigenvalue weighted by Crippen LogP contribution is 2.32. The van der Waals surface area contributed by atoms with Crippen molar-refractivity contribution >= 4 is 28.8 Å². The number of rotatable bonds is 3. The topological polar surface area (TPSA) is 64.1 Å². The molecule has 6 heteroatoms. The number of likely N-dealkylation sites (N-methyl/N-ethyl adjacent to an activating group) is 1. The van der Waals surface area contributed by atoms with E-state index in [0.29, 0.717) is 11.3 Å². The van der Waals surface area contributed by atoms with E-state index in [9.17, 15) is 14.7 Å². The second-order valence-corrected chi connectivity index (χ2v) is 6.84. The molecule has 0 atom stereocenters. The Labute approximate surface area is 157 Å². The zero-order valence-corrected chi connectivity index (χ0v) is 15.1. The maximum Gasteiger partial charge on any atom is 0.301 e. The van der Waals surface area contributed by atoms with Gasteiger partial charge in [-0.2, -0.15) is 0 Å². The number of hydrogen-bond acceptors (Lipinski definition) is 5. The molecule has 2 heterocycles. The number of benzene rings is 2. The summed E-state index contributed by atoms with van der Waals surface area (Å²) < 4.78 is 0. The molecule has 0 bridgehead atoms. The Bertz CT molecular complexity index is 898. The van der Waals surface area contributed by atoms with Crippen molar-refractivity contribution in [3.8, 4) is 0 Å². The summed E-state index contributed by atoms with van der Waals surface area (Å²) in [6.07, 6.45) is 0. The van der Waals surface area contributed by atoms with E-state index in [-0.39, 0.29) is 5.57 Å². The number of nitrogens with zero attached hydrogens (tertiary/aromatic N) is 3. The number of carbonyl (C=O) groups is 2. The summed E-state index contributed by atoms with van der Waals surface area (Å²) in [4.78, 5) is 30.9. The first-order valence-electron chi connectivity index (χ1n) is 8.97. The molecule has 1 fully saturated rings. The van der Waals surface area contributed by atoms with Crippen LogP contribution in [0.25, 0.3) is 5.57 Å². The van der Waals surface area contributed by atoms with Gasteiger partial charge < -0.3 is 14.9 Å². The second kappa shape index (κ2) is 6.89. The molecule has 0 unspecified atom stereocenters. The van der Waals surface area contributed by atoms with E-state index in [1.54, 1.807) is 36.4 Å². The maximum atomic E-state index is 12.8. The largest absolute Gasteiger partial charge is 0.502 e. The SMILES string of the molecule is CN1CCN(c2ccc(N3C(=O)C(O)=C(c4ccccc4)C3=O)cc2)CC1. The van der Waals surface area contributed by atoms with Crippen LogP contribution in [-0.4, -0.2) is 55.0 Å². The van der Waals surface area contributed by atoms with E-state index in [4.69, 9.17) is 0 Å². The van der Waals surface area contributed by atoms with Crippen LogP contribution in [0.15, 0.2) is 60.4 Å². The van der Waals surface area contributed by atoms with Gasteiger partial charge in [-0.3, -0.25) is 9.59 Å². The quantitative estimate of drug-likeness (QED) is 0.848. The first-order valence-corrected chi connectivity index (χ1v) is 8.97. The van der Waals surface area contributed by atoms with Crippen LogP contribution in [0.5, 0.6) is 0 Å². The Morgan fingerprint density at radius 1 is 0.778 bits per heavy atom. The van der Waals surface area contributed by atoms with E-state index in [1.807, 2.05) is 18.2 Å². The average molecular weight is 363 g/mol. The van der Waals surface area contributed by atoms with Gasteiger partial charge in [0, 0.05) is 31.9 Å². The number of amides is 2. The van der Waals surface area contributed by atoms with E-state index in [2.05, 4.69) is 16.8 Å². The summed E-state index contributed by atoms with van der Waals surface area (Å²) in [6.45, 7) is 3.89. The summed E-state index contributed by atoms with van der Waals surface area (Å²) in [6, 6.07) is 16.1. The van der Waals surface area contributed by atoms with Crippen LogP contribution in [0.3, 0.4) is 0 Å². The fourth-order valence-corrected chi connectivity index (χ4v) is 3.49. The molecule has 1 N–H and O–H groups in total. The van der Waals surface area contributed by atoms with Crippen LogP contribution < -0.4 is 9.80 Å². The number of carbonyl (C=O) groups excluding carboxylic acids is 2. The zero-order chi connectivity index (χ0) is 19.0. The first kappa shape index (κ1) is 17.3. The molecule has 0 aromatic heterocycles. The Kier molecular flexibility index (Phi) is 4.41. The van der Waals surface area contributed by atoms with Crippen molar-refractivity contribution in [2.45, 2.75) is 0 Å². The van der Waals surface area contributed by atoms with Crippen LogP contribution in [-0.2, 0) is 9.59 Å². The average Bonchev–Trinajstić information content (AvgIpc) is 2.92. The smallest absolute Gasteiger partial charge is 0.301 e. The van der Waals surface area contributed by atoms with Crippen LogP contribution in [0, 0.1) is 0 Å². The molecule has 2 aromatic carbocycles. The fourth-order valence-electron chi connectivity index (χ4n) is 3.49. The lowest BCUT2D eigenvalue weighted by Gasteiger charge is -2.34. The molecule has 138 valence electrons. The molecular formula is C21H21N3O3. The molecule has 6 nitrogen and oxygen atoms in total. The van der Waals surface area contributed by atoms with E-state index < -0.39 is 17.6 Å². The van der Waals surface area contributed by atoms with Gasteiger partial charge in [-0.1, -0.05) is 30.3 Å². The summed E-state index contributed by atoms with van der Waals surface area (Å²) in [7, 11) is 2.11. The van der Waals surface area contributed by atoms with Crippen molar-refractivity contribution in [2.24, 2.45) is 0 Å². The first-order chi connectivity index (χ1) is 13.1. The minimum absolute atomic E-state index is 0.0451. The molecule has 0 spiro atoms. The minimum atomic E-state index is -0.689. The molecule has 2 amide bonds. The van der Waals surface area contributed by atoms with E-state index >= 15 is 0 Å². The standard InChI is InChI=1S/C21H21N3O3/c1-22-11-13-23(14-12-22)16-7-9-17(10-8-16)24-20(26)18(19(25)21(24)27)15-5-3-2-4-6-15/h2-10,25H,11-14H2,1H3. The minimum Gasteiger partial charge on any atom is -0.502 e. The number of imide groups is 1. The lowest BCUT2D eigenvalue weighted by molar-refractivity contribution is -0.121. The molecule has 2 aromatic rings. The number of piperazine rings is 1. The summed E-state index contributed by atoms with van der Waals surface area (Å²) >= 11 is 0. The van der Waals surface area contributed by atoms with Crippen LogP contribution in [0.1, 0.15) is 5.56 Å². The molecule has 0 aliphatic carbocycles. The van der Waals surface area contributed by atoms with Crippen molar-refractivity contribution < 1.29 is 14.7 Å². The highest BCUT2D eigenvalue weighted by Gasteiger charge is 2.40. The lowest BCUT2D eigenvalue weighted by Crippen LogP contribution is -2.44. The molecule has 0 saturated carbocycles. The van der Waals surface area contributed by atoms with Gasteiger partial charge in [0.1, 0.15) is 0 Å². The molecule has 2 aliphatic heterocycles. The normalized spacial score (nSPS) is 18.6. The molecule has 2 aliphatic rings. The van der Waals surface area contributed by atoms with Gasteiger partial charge >= 0.3 is 5.91 Å². The van der Waals surface area contributed by atoms with Gasteiger partial charge in [0.15, 0.2) is 5.76 Å². The summed E-state index contributed by atoms with van der Waals surface area (Å²) in [5.74, 6) is -1.70. The van der Waals surface area contributed by atoms with Crippen molar-refractivity contribution in [2.75, 3.05) is 43.0 Å². The monoisotopic (exact) mass is 363 g/mol. The highest BCUT2D eigenvalue weighted by atomic mass is 16.3. The van der Waals surface area contributed by atoms with Crippen molar-refractivity contribution in [3.05, 3.63) is 65.9 Å². The van der Waals surface area contributed by atoms with Gasteiger partial charge in [-0.25, -0.2) is 4.90 Å². The molecule has 4 rings (SSSR count). The predicted octanol–water partition coefficient (Wildman–Crippen LogP) is 2.28. The Morgan fingerprint density at radius 2 is 1.37 bits per heavy atom. The van der Waals surface area contributed by atoms with Gasteiger partial charge in [0.2, 0.25) is 0 Å². The van der Waals surface area contributed by atoms with Gasteiger partial charge in [0.05, 0.1) is 11.3 Å². The van der Waals surface area contributed by atoms with Crippen molar-refractivity contribution in [1.29, 1.82) is 0 Å². The van der Waals surface area contributed by atoms with Crippen molar-refractivity contribution in [1.82, 2.24) is 4.90 Å². The van der Waals surface area contributed by atoms with Gasteiger partial charge in [0.25, 0.3) is 5.91 Å². The third kappa shape index (κ3) is 3.08. The predicted molar refractivity (Wildman–Crippen MR) is 105 cm³/mol. The number of anilines is 2. The molecule has 1 saturated heterocycles. The van der Waals surface area contributed by atoms with Crippen LogP contribution in [0.2, 0.25) is 0 Å². The van der Waals surface area contributed by atoms with Gasteiger partial charge in [-0.05, 0) is 36.9 Å². The number of aliphatic hydroxyl groups is 1. The van der Waals surface area contributed by atoms with Crippen LogP contribution >= 0.6 is 0 Å². The highest BCUT2D eigenvalue weighted by molar-refractivity contribution is 6.44. The fraction of sp³-hybridized carbons (Fsp3) is 0.238. The number of hydrogen-bond donors (Lipinski definition) is 1. The van der Waals surface area contributed by atoms with Crippen LogP contribution in [0.4, 0.5) is 11.4 Å². The molecular weight excluding hydrogens is 342 g/mol. The lowest BCUT2D eigenvalue weighted by atomic mass is 10.1. The maximum absolute atomic E-state index is 12.8. The third-order valence-corrected chi connectivity index (χ3v) is 5.10. The van der Waals surface area contributed by atoms with E-state index in [1.165, 1.54) is 0 Å². The van der Waals surface area contributed by atoms with Crippen molar-refractivity contribution in [3.63, 3.8) is 0 Å².